The summed E-state index contributed by atoms with van der Waals surface area (Å²) in [5, 5.41) is 6.09. The van der Waals surface area contributed by atoms with Crippen LogP contribution in [-0.4, -0.2) is 36.7 Å². The lowest BCUT2D eigenvalue weighted by Gasteiger charge is -2.22. The molecule has 1 saturated heterocycles. The number of carbonyl (C=O) groups excluding carboxylic acids is 1. The van der Waals surface area contributed by atoms with Gasteiger partial charge < -0.3 is 15.4 Å². The Labute approximate surface area is 107 Å². The Kier molecular flexibility index (Phi) is 4.52. The first-order chi connectivity index (χ1) is 8.79. The standard InChI is InChI=1S/C13H19N3O2/c1-2-14-12-5-3-4-11(16-12)13(17)15-10-6-8-18-9-7-10/h3-5,10H,2,6-9H2,1H3,(H,14,16)(H,15,17). The molecule has 98 valence electrons. The molecule has 1 aliphatic heterocycles. The van der Waals surface area contributed by atoms with E-state index in [0.717, 1.165) is 38.4 Å². The molecule has 1 aromatic heterocycles. The summed E-state index contributed by atoms with van der Waals surface area (Å²) in [6.45, 7) is 4.22. The van der Waals surface area contributed by atoms with E-state index in [9.17, 15) is 4.79 Å². The fraction of sp³-hybridized carbons (Fsp3) is 0.538. The van der Waals surface area contributed by atoms with Crippen molar-refractivity contribution in [2.24, 2.45) is 0 Å². The summed E-state index contributed by atoms with van der Waals surface area (Å²) in [7, 11) is 0. The average molecular weight is 249 g/mol. The minimum atomic E-state index is -0.110. The Balaban J connectivity index is 1.96. The number of nitrogens with one attached hydrogen (secondary N) is 2. The number of carbonyl (C=O) groups is 1. The molecule has 1 amide bonds. The van der Waals surface area contributed by atoms with Gasteiger partial charge in [-0.25, -0.2) is 4.98 Å². The Morgan fingerprint density at radius 1 is 1.44 bits per heavy atom. The topological polar surface area (TPSA) is 63.2 Å². The summed E-state index contributed by atoms with van der Waals surface area (Å²) < 4.78 is 5.26. The molecule has 0 aromatic carbocycles. The summed E-state index contributed by atoms with van der Waals surface area (Å²) in [5.41, 5.74) is 0.458. The molecule has 5 nitrogen and oxygen atoms in total. The zero-order valence-corrected chi connectivity index (χ0v) is 10.6. The molecular weight excluding hydrogens is 230 g/mol. The van der Waals surface area contributed by atoms with Gasteiger partial charge in [0.25, 0.3) is 5.91 Å². The number of amides is 1. The fourth-order valence-corrected chi connectivity index (χ4v) is 1.94. The molecule has 2 rings (SSSR count). The molecule has 0 radical (unpaired) electrons. The van der Waals surface area contributed by atoms with Crippen LogP contribution >= 0.6 is 0 Å². The van der Waals surface area contributed by atoms with Crippen LogP contribution in [0.3, 0.4) is 0 Å². The number of nitrogens with zero attached hydrogens (tertiary/aromatic N) is 1. The SMILES string of the molecule is CCNc1cccc(C(=O)NC2CCOCC2)n1. The van der Waals surface area contributed by atoms with Crippen LogP contribution in [-0.2, 0) is 4.74 Å². The quantitative estimate of drug-likeness (QED) is 0.847. The highest BCUT2D eigenvalue weighted by atomic mass is 16.5. The van der Waals surface area contributed by atoms with E-state index < -0.39 is 0 Å². The van der Waals surface area contributed by atoms with Crippen molar-refractivity contribution in [3.8, 4) is 0 Å². The van der Waals surface area contributed by atoms with E-state index in [4.69, 9.17) is 4.74 Å². The molecular formula is C13H19N3O2. The summed E-state index contributed by atoms with van der Waals surface area (Å²) in [5.74, 6) is 0.624. The molecule has 1 aliphatic rings. The maximum atomic E-state index is 12.0. The summed E-state index contributed by atoms with van der Waals surface area (Å²) in [4.78, 5) is 16.3. The minimum absolute atomic E-state index is 0.110. The van der Waals surface area contributed by atoms with Gasteiger partial charge in [-0.1, -0.05) is 6.07 Å². The Hall–Kier alpha value is -1.62. The third kappa shape index (κ3) is 3.43. The van der Waals surface area contributed by atoms with E-state index in [-0.39, 0.29) is 11.9 Å². The van der Waals surface area contributed by atoms with E-state index >= 15 is 0 Å². The molecule has 0 atom stereocenters. The monoisotopic (exact) mass is 249 g/mol. The van der Waals surface area contributed by atoms with E-state index in [1.165, 1.54) is 0 Å². The van der Waals surface area contributed by atoms with Gasteiger partial charge in [-0.15, -0.1) is 0 Å². The molecule has 18 heavy (non-hydrogen) atoms. The van der Waals surface area contributed by atoms with Gasteiger partial charge >= 0.3 is 0 Å². The van der Waals surface area contributed by atoms with Crippen molar-refractivity contribution >= 4 is 11.7 Å². The van der Waals surface area contributed by atoms with Crippen LogP contribution in [0.2, 0.25) is 0 Å². The van der Waals surface area contributed by atoms with Gasteiger partial charge in [0.05, 0.1) is 0 Å². The van der Waals surface area contributed by atoms with Gasteiger partial charge in [0.1, 0.15) is 11.5 Å². The Morgan fingerprint density at radius 3 is 2.94 bits per heavy atom. The van der Waals surface area contributed by atoms with Gasteiger partial charge in [-0.2, -0.15) is 0 Å². The van der Waals surface area contributed by atoms with Crippen molar-refractivity contribution in [1.29, 1.82) is 0 Å². The first kappa shape index (κ1) is 12.8. The van der Waals surface area contributed by atoms with E-state index in [1.54, 1.807) is 6.07 Å². The molecule has 2 N–H and O–H groups in total. The second kappa shape index (κ2) is 6.35. The van der Waals surface area contributed by atoms with Gasteiger partial charge in [-0.3, -0.25) is 4.79 Å². The highest BCUT2D eigenvalue weighted by Gasteiger charge is 2.17. The first-order valence-electron chi connectivity index (χ1n) is 6.39. The zero-order chi connectivity index (χ0) is 12.8. The van der Waals surface area contributed by atoms with Crippen LogP contribution in [0, 0.1) is 0 Å². The maximum absolute atomic E-state index is 12.0. The smallest absolute Gasteiger partial charge is 0.270 e. The predicted octanol–water partition coefficient (Wildman–Crippen LogP) is 1.42. The number of hydrogen-bond donors (Lipinski definition) is 2. The van der Waals surface area contributed by atoms with Crippen LogP contribution in [0.15, 0.2) is 18.2 Å². The lowest BCUT2D eigenvalue weighted by molar-refractivity contribution is 0.0694. The van der Waals surface area contributed by atoms with Crippen molar-refractivity contribution < 1.29 is 9.53 Å². The lowest BCUT2D eigenvalue weighted by atomic mass is 10.1. The van der Waals surface area contributed by atoms with Crippen LogP contribution < -0.4 is 10.6 Å². The number of rotatable bonds is 4. The summed E-state index contributed by atoms with van der Waals surface area (Å²) in [6.07, 6.45) is 1.75. The van der Waals surface area contributed by atoms with Crippen molar-refractivity contribution in [3.05, 3.63) is 23.9 Å². The van der Waals surface area contributed by atoms with Gasteiger partial charge in [0.15, 0.2) is 0 Å². The van der Waals surface area contributed by atoms with Crippen molar-refractivity contribution in [1.82, 2.24) is 10.3 Å². The number of hydrogen-bond acceptors (Lipinski definition) is 4. The summed E-state index contributed by atoms with van der Waals surface area (Å²) in [6, 6.07) is 5.63. The molecule has 1 fully saturated rings. The summed E-state index contributed by atoms with van der Waals surface area (Å²) >= 11 is 0. The number of ether oxygens (including phenoxy) is 1. The van der Waals surface area contributed by atoms with Crippen LogP contribution in [0.5, 0.6) is 0 Å². The first-order valence-corrected chi connectivity index (χ1v) is 6.39. The normalized spacial score (nSPS) is 16.3. The average Bonchev–Trinajstić information content (AvgIpc) is 2.40. The third-order valence-corrected chi connectivity index (χ3v) is 2.90. The van der Waals surface area contributed by atoms with Crippen LogP contribution in [0.1, 0.15) is 30.3 Å². The molecule has 0 aliphatic carbocycles. The zero-order valence-electron chi connectivity index (χ0n) is 10.6. The molecule has 2 heterocycles. The second-order valence-corrected chi connectivity index (χ2v) is 4.30. The molecule has 0 spiro atoms. The van der Waals surface area contributed by atoms with Crippen molar-refractivity contribution in [3.63, 3.8) is 0 Å². The van der Waals surface area contributed by atoms with Gasteiger partial charge in [0, 0.05) is 25.8 Å². The minimum Gasteiger partial charge on any atom is -0.381 e. The lowest BCUT2D eigenvalue weighted by Crippen LogP contribution is -2.39. The largest absolute Gasteiger partial charge is 0.381 e. The molecule has 0 unspecified atom stereocenters. The maximum Gasteiger partial charge on any atom is 0.270 e. The van der Waals surface area contributed by atoms with Crippen molar-refractivity contribution in [2.45, 2.75) is 25.8 Å². The van der Waals surface area contributed by atoms with E-state index in [0.29, 0.717) is 5.69 Å². The number of aromatic nitrogens is 1. The Bertz CT molecular complexity index is 403. The third-order valence-electron chi connectivity index (χ3n) is 2.90. The highest BCUT2D eigenvalue weighted by Crippen LogP contribution is 2.09. The van der Waals surface area contributed by atoms with Crippen molar-refractivity contribution in [2.75, 3.05) is 25.1 Å². The van der Waals surface area contributed by atoms with Crippen LogP contribution in [0.25, 0.3) is 0 Å². The number of pyridine rings is 1. The van der Waals surface area contributed by atoms with E-state index in [1.807, 2.05) is 19.1 Å². The van der Waals surface area contributed by atoms with E-state index in [2.05, 4.69) is 15.6 Å². The van der Waals surface area contributed by atoms with Gasteiger partial charge in [-0.05, 0) is 31.9 Å². The van der Waals surface area contributed by atoms with Gasteiger partial charge in [0.2, 0.25) is 0 Å². The van der Waals surface area contributed by atoms with Crippen LogP contribution in [0.4, 0.5) is 5.82 Å². The highest BCUT2D eigenvalue weighted by molar-refractivity contribution is 5.92. The molecule has 0 saturated carbocycles. The molecule has 5 heteroatoms. The fourth-order valence-electron chi connectivity index (χ4n) is 1.94. The number of anilines is 1. The predicted molar refractivity (Wildman–Crippen MR) is 69.7 cm³/mol. The molecule has 0 bridgehead atoms. The molecule has 1 aromatic rings. The Morgan fingerprint density at radius 2 is 2.22 bits per heavy atom. The second-order valence-electron chi connectivity index (χ2n) is 4.30.